The quantitative estimate of drug-likeness (QED) is 0.113. The zero-order chi connectivity index (χ0) is 37.8. The first-order valence-electron chi connectivity index (χ1n) is 16.2. The molecule has 11 N–H and O–H groups in total. The lowest BCUT2D eigenvalue weighted by Gasteiger charge is -2.48. The number of hydrogen-bond acceptors (Lipinski definition) is 19. The van der Waals surface area contributed by atoms with Crippen LogP contribution in [0.5, 0.6) is 23.0 Å². The van der Waals surface area contributed by atoms with Crippen LogP contribution < -0.4 is 10.2 Å². The van der Waals surface area contributed by atoms with Crippen LogP contribution in [-0.2, 0) is 23.7 Å². The van der Waals surface area contributed by atoms with Gasteiger partial charge < -0.3 is 89.0 Å². The van der Waals surface area contributed by atoms with Gasteiger partial charge in [0.15, 0.2) is 24.4 Å². The molecular weight excluding hydrogens is 700 g/mol. The van der Waals surface area contributed by atoms with Crippen molar-refractivity contribution >= 4 is 11.0 Å². The second-order valence-corrected chi connectivity index (χ2v) is 12.9. The first kappa shape index (κ1) is 38.1. The van der Waals surface area contributed by atoms with E-state index in [4.69, 9.17) is 32.8 Å². The number of ether oxygens (including phenoxy) is 6. The summed E-state index contributed by atoms with van der Waals surface area (Å²) < 4.78 is 41.0. The topological polar surface area (TPSA) is 308 Å². The van der Waals surface area contributed by atoms with Crippen LogP contribution in [0, 0.1) is 0 Å². The van der Waals surface area contributed by atoms with Gasteiger partial charge in [-0.2, -0.15) is 0 Å². The van der Waals surface area contributed by atoms with Crippen molar-refractivity contribution in [1.29, 1.82) is 0 Å². The highest BCUT2D eigenvalue weighted by Gasteiger charge is 2.54. The number of rotatable bonds is 8. The van der Waals surface area contributed by atoms with Crippen LogP contribution in [0.4, 0.5) is 0 Å². The van der Waals surface area contributed by atoms with Gasteiger partial charge in [-0.3, -0.25) is 4.79 Å². The summed E-state index contributed by atoms with van der Waals surface area (Å²) in [4.78, 5) is 14.1. The Balaban J connectivity index is 1.47. The Hall–Kier alpha value is -3.67. The van der Waals surface area contributed by atoms with Crippen molar-refractivity contribution in [2.45, 2.75) is 106 Å². The standard InChI is InChI=1S/C33H40O19/c1-10-19(38)23(42)25(44)31(46-10)50-28-21(40)17(9-34)49-33(30(28)52-32-26(45)24(43)20(39)11(2)47-32)51-29-22(41)18-15(37)7-14(36)8-16(18)48-27(29)12-3-5-13(35)6-4-12/h3-8,10-11,17,19-21,23-26,28,30-40,42-45H,9H2,1-2H3/t10-,11-,17+,19-,20-,21-,23+,24+,25+,26+,28-,30+,31-,32-,33+/m0/s1. The van der Waals surface area contributed by atoms with Crippen molar-refractivity contribution in [2.75, 3.05) is 6.61 Å². The summed E-state index contributed by atoms with van der Waals surface area (Å²) in [5, 5.41) is 115. The van der Waals surface area contributed by atoms with Gasteiger partial charge >= 0.3 is 0 Å². The highest BCUT2D eigenvalue weighted by molar-refractivity contribution is 5.88. The molecule has 0 radical (unpaired) electrons. The Morgan fingerprint density at radius 3 is 1.77 bits per heavy atom. The molecule has 19 nitrogen and oxygen atoms in total. The SMILES string of the molecule is C[C@@H]1O[C@@H](O[C@H]2[C@@H](Oc3c(-c4ccc(O)cc4)oc4cc(O)cc(O)c4c3=O)O[C@H](CO)[C@H](O)[C@@H]2O[C@@H]2O[C@@H](C)[C@H](O)[C@@H](O)[C@H]2O)[C@H](O)[C@H](O)[C@H]1O. The molecule has 1 aromatic heterocycles. The Bertz CT molecular complexity index is 1770. The molecule has 3 aliphatic rings. The van der Waals surface area contributed by atoms with Crippen molar-refractivity contribution in [1.82, 2.24) is 0 Å². The predicted molar refractivity (Wildman–Crippen MR) is 170 cm³/mol. The number of phenols is 3. The molecule has 0 aliphatic carbocycles. The molecule has 0 unspecified atom stereocenters. The van der Waals surface area contributed by atoms with E-state index in [1.807, 2.05) is 0 Å². The van der Waals surface area contributed by atoms with Gasteiger partial charge in [0.1, 0.15) is 83.2 Å². The van der Waals surface area contributed by atoms with Gasteiger partial charge in [0, 0.05) is 17.7 Å². The fraction of sp³-hybridized carbons (Fsp3) is 0.545. The maximum atomic E-state index is 14.1. The average Bonchev–Trinajstić information content (AvgIpc) is 3.10. The molecule has 0 saturated carbocycles. The van der Waals surface area contributed by atoms with Gasteiger partial charge in [-0.15, -0.1) is 0 Å². The zero-order valence-electron chi connectivity index (χ0n) is 27.5. The predicted octanol–water partition coefficient (Wildman–Crippen LogP) is -2.54. The minimum atomic E-state index is -1.95. The summed E-state index contributed by atoms with van der Waals surface area (Å²) in [6, 6.07) is 7.15. The molecule has 6 rings (SSSR count). The smallest absolute Gasteiger partial charge is 0.239 e. The fourth-order valence-corrected chi connectivity index (χ4v) is 6.29. The zero-order valence-corrected chi connectivity index (χ0v) is 27.5. The molecule has 3 aromatic rings. The summed E-state index contributed by atoms with van der Waals surface area (Å²) in [6.07, 6.45) is -25.4. The van der Waals surface area contributed by atoms with E-state index in [0.29, 0.717) is 0 Å². The van der Waals surface area contributed by atoms with Crippen LogP contribution in [-0.4, -0.2) is 155 Å². The van der Waals surface area contributed by atoms with Crippen molar-refractivity contribution < 1.29 is 89.0 Å². The molecule has 286 valence electrons. The van der Waals surface area contributed by atoms with E-state index in [0.717, 1.165) is 12.1 Å². The first-order chi connectivity index (χ1) is 24.6. The van der Waals surface area contributed by atoms with Crippen LogP contribution in [0.25, 0.3) is 22.3 Å². The van der Waals surface area contributed by atoms with Gasteiger partial charge in [-0.25, -0.2) is 0 Å². The Kier molecular flexibility index (Phi) is 11.0. The van der Waals surface area contributed by atoms with Gasteiger partial charge in [0.2, 0.25) is 17.5 Å². The monoisotopic (exact) mass is 740 g/mol. The third-order valence-electron chi connectivity index (χ3n) is 9.28. The number of phenolic OH excluding ortho intramolecular Hbond substituents is 3. The summed E-state index contributed by atoms with van der Waals surface area (Å²) in [6.45, 7) is 1.83. The molecule has 3 fully saturated rings. The molecule has 0 bridgehead atoms. The summed E-state index contributed by atoms with van der Waals surface area (Å²) in [5.41, 5.74) is -1.17. The average molecular weight is 741 g/mol. The number of aromatic hydroxyl groups is 3. The number of benzene rings is 2. The second-order valence-electron chi connectivity index (χ2n) is 12.9. The van der Waals surface area contributed by atoms with E-state index < -0.39 is 127 Å². The van der Waals surface area contributed by atoms with Crippen LogP contribution in [0.3, 0.4) is 0 Å². The lowest BCUT2D eigenvalue weighted by molar-refractivity contribution is -0.381. The largest absolute Gasteiger partial charge is 0.508 e. The fourth-order valence-electron chi connectivity index (χ4n) is 6.29. The normalized spacial score (nSPS) is 38.3. The van der Waals surface area contributed by atoms with Gasteiger partial charge in [0.05, 0.1) is 18.8 Å². The highest BCUT2D eigenvalue weighted by atomic mass is 16.8. The van der Waals surface area contributed by atoms with Gasteiger partial charge in [-0.05, 0) is 38.1 Å². The molecule has 4 heterocycles. The van der Waals surface area contributed by atoms with E-state index in [1.165, 1.54) is 38.1 Å². The number of hydrogen-bond donors (Lipinski definition) is 11. The van der Waals surface area contributed by atoms with Crippen molar-refractivity contribution in [3.8, 4) is 34.3 Å². The van der Waals surface area contributed by atoms with Gasteiger partial charge in [-0.1, -0.05) is 0 Å². The molecule has 0 spiro atoms. The first-order valence-corrected chi connectivity index (χ1v) is 16.2. The van der Waals surface area contributed by atoms with Crippen LogP contribution in [0.1, 0.15) is 13.8 Å². The summed E-state index contributed by atoms with van der Waals surface area (Å²) in [7, 11) is 0. The van der Waals surface area contributed by atoms with Crippen molar-refractivity contribution in [3.63, 3.8) is 0 Å². The Labute approximate surface area is 293 Å². The van der Waals surface area contributed by atoms with E-state index in [1.54, 1.807) is 0 Å². The number of aliphatic hydroxyl groups is 8. The van der Waals surface area contributed by atoms with Crippen LogP contribution in [0.15, 0.2) is 45.6 Å². The van der Waals surface area contributed by atoms with Crippen LogP contribution in [0.2, 0.25) is 0 Å². The highest BCUT2D eigenvalue weighted by Crippen LogP contribution is 2.39. The van der Waals surface area contributed by atoms with Gasteiger partial charge in [0.25, 0.3) is 0 Å². The number of fused-ring (bicyclic) bond motifs is 1. The third-order valence-corrected chi connectivity index (χ3v) is 9.28. The minimum absolute atomic E-state index is 0.131. The van der Waals surface area contributed by atoms with E-state index in [-0.39, 0.29) is 22.7 Å². The van der Waals surface area contributed by atoms with E-state index in [9.17, 15) is 61.0 Å². The molecule has 3 saturated heterocycles. The Morgan fingerprint density at radius 1 is 0.654 bits per heavy atom. The van der Waals surface area contributed by atoms with E-state index in [2.05, 4.69) is 0 Å². The van der Waals surface area contributed by atoms with Crippen molar-refractivity contribution in [2.24, 2.45) is 0 Å². The lowest BCUT2D eigenvalue weighted by atomic mass is 9.96. The Morgan fingerprint density at radius 2 is 1.21 bits per heavy atom. The molecule has 19 heteroatoms. The summed E-state index contributed by atoms with van der Waals surface area (Å²) in [5.74, 6) is -2.30. The summed E-state index contributed by atoms with van der Waals surface area (Å²) >= 11 is 0. The molecule has 15 atom stereocenters. The van der Waals surface area contributed by atoms with E-state index >= 15 is 0 Å². The van der Waals surface area contributed by atoms with Crippen LogP contribution >= 0.6 is 0 Å². The third kappa shape index (κ3) is 7.03. The molecule has 52 heavy (non-hydrogen) atoms. The maximum absolute atomic E-state index is 14.1. The molecule has 2 aromatic carbocycles. The van der Waals surface area contributed by atoms with Crippen molar-refractivity contribution in [3.05, 3.63) is 46.6 Å². The number of aliphatic hydroxyl groups excluding tert-OH is 8. The molecular formula is C33H40O19. The maximum Gasteiger partial charge on any atom is 0.239 e. The second kappa shape index (κ2) is 15.0. The molecule has 0 amide bonds. The molecule has 3 aliphatic heterocycles. The lowest BCUT2D eigenvalue weighted by Crippen LogP contribution is -2.67. The minimum Gasteiger partial charge on any atom is -0.508 e.